The van der Waals surface area contributed by atoms with Crippen LogP contribution in [0.25, 0.3) is 0 Å². The summed E-state index contributed by atoms with van der Waals surface area (Å²) in [7, 11) is 2.85. The third-order valence-corrected chi connectivity index (χ3v) is 2.45. The van der Waals surface area contributed by atoms with Gasteiger partial charge in [0.15, 0.2) is 0 Å². The molecule has 0 heterocycles. The van der Waals surface area contributed by atoms with Crippen LogP contribution in [0.1, 0.15) is 13.8 Å². The van der Waals surface area contributed by atoms with Crippen LogP contribution in [0.4, 0.5) is 11.4 Å². The minimum Gasteiger partial charge on any atom is -0.495 e. The molecule has 0 aliphatic carbocycles. The molecule has 0 aliphatic rings. The van der Waals surface area contributed by atoms with Crippen molar-refractivity contribution in [1.29, 1.82) is 0 Å². The number of rotatable bonds is 5. The number of carbonyl (C=O) groups excluding carboxylic acids is 2. The second-order valence-corrected chi connectivity index (χ2v) is 3.99. The highest BCUT2D eigenvalue weighted by atomic mass is 16.5. The normalized spacial score (nSPS) is 11.4. The molecule has 1 aromatic rings. The summed E-state index contributed by atoms with van der Waals surface area (Å²) in [6, 6.07) is 4.59. The number of esters is 1. The van der Waals surface area contributed by atoms with Crippen LogP contribution >= 0.6 is 0 Å². The van der Waals surface area contributed by atoms with E-state index in [-0.39, 0.29) is 11.9 Å². The SMILES string of the molecule is COC(=O)[C@@H](C)Nc1cc(NC(C)=O)ccc1OC. The lowest BCUT2D eigenvalue weighted by Crippen LogP contribution is -2.27. The Bertz CT molecular complexity index is 474. The smallest absolute Gasteiger partial charge is 0.327 e. The zero-order valence-corrected chi connectivity index (χ0v) is 11.4. The molecule has 0 radical (unpaired) electrons. The summed E-state index contributed by atoms with van der Waals surface area (Å²) in [6.07, 6.45) is 0. The van der Waals surface area contributed by atoms with Crippen LogP contribution in [0, 0.1) is 0 Å². The van der Waals surface area contributed by atoms with Crippen LogP contribution in [-0.4, -0.2) is 32.1 Å². The molecule has 0 saturated heterocycles. The lowest BCUT2D eigenvalue weighted by Gasteiger charge is -2.16. The number of methoxy groups -OCH3 is 2. The molecule has 1 atom stereocenters. The van der Waals surface area contributed by atoms with E-state index < -0.39 is 6.04 Å². The van der Waals surface area contributed by atoms with Gasteiger partial charge in [0, 0.05) is 12.6 Å². The highest BCUT2D eigenvalue weighted by Crippen LogP contribution is 2.28. The zero-order valence-electron chi connectivity index (χ0n) is 11.4. The Morgan fingerprint density at radius 1 is 1.26 bits per heavy atom. The standard InChI is InChI=1S/C13H18N2O4/c1-8(13(17)19-4)14-11-7-10(15-9(2)16)5-6-12(11)18-3/h5-8,14H,1-4H3,(H,15,16)/t8-/m1/s1. The predicted octanol–water partition coefficient (Wildman–Crippen LogP) is 1.63. The average molecular weight is 266 g/mol. The van der Waals surface area contributed by atoms with Gasteiger partial charge >= 0.3 is 5.97 Å². The van der Waals surface area contributed by atoms with Gasteiger partial charge in [0.05, 0.1) is 19.9 Å². The Morgan fingerprint density at radius 2 is 1.95 bits per heavy atom. The summed E-state index contributed by atoms with van der Waals surface area (Å²) in [6.45, 7) is 3.10. The molecule has 0 saturated carbocycles. The molecular weight excluding hydrogens is 248 g/mol. The summed E-state index contributed by atoms with van der Waals surface area (Å²) in [5.74, 6) is 0.0222. The molecule has 0 fully saturated rings. The van der Waals surface area contributed by atoms with Crippen molar-refractivity contribution in [2.75, 3.05) is 24.9 Å². The molecule has 1 rings (SSSR count). The van der Waals surface area contributed by atoms with Gasteiger partial charge in [-0.25, -0.2) is 4.79 Å². The first-order chi connectivity index (χ1) is 8.97. The van der Waals surface area contributed by atoms with Gasteiger partial charge in [0.2, 0.25) is 5.91 Å². The molecule has 0 spiro atoms. The van der Waals surface area contributed by atoms with Gasteiger partial charge in [-0.15, -0.1) is 0 Å². The van der Waals surface area contributed by atoms with Crippen LogP contribution in [-0.2, 0) is 14.3 Å². The second-order valence-electron chi connectivity index (χ2n) is 3.99. The van der Waals surface area contributed by atoms with E-state index in [0.717, 1.165) is 0 Å². The van der Waals surface area contributed by atoms with Crippen LogP contribution in [0.3, 0.4) is 0 Å². The van der Waals surface area contributed by atoms with E-state index in [1.807, 2.05) is 0 Å². The molecule has 0 unspecified atom stereocenters. The van der Waals surface area contributed by atoms with Gasteiger partial charge in [-0.2, -0.15) is 0 Å². The quantitative estimate of drug-likeness (QED) is 0.792. The Hall–Kier alpha value is -2.24. The molecule has 19 heavy (non-hydrogen) atoms. The number of carbonyl (C=O) groups is 2. The predicted molar refractivity (Wildman–Crippen MR) is 72.4 cm³/mol. The third-order valence-electron chi connectivity index (χ3n) is 2.45. The van der Waals surface area contributed by atoms with Crippen molar-refractivity contribution >= 4 is 23.3 Å². The van der Waals surface area contributed by atoms with Crippen molar-refractivity contribution in [3.63, 3.8) is 0 Å². The van der Waals surface area contributed by atoms with Crippen molar-refractivity contribution < 1.29 is 19.1 Å². The summed E-state index contributed by atoms with van der Waals surface area (Å²) >= 11 is 0. The monoisotopic (exact) mass is 266 g/mol. The van der Waals surface area contributed by atoms with E-state index >= 15 is 0 Å². The number of nitrogens with one attached hydrogen (secondary N) is 2. The maximum Gasteiger partial charge on any atom is 0.327 e. The highest BCUT2D eigenvalue weighted by Gasteiger charge is 2.15. The first-order valence-corrected chi connectivity index (χ1v) is 5.78. The second kappa shape index (κ2) is 6.63. The molecule has 1 aromatic carbocycles. The fourth-order valence-electron chi connectivity index (χ4n) is 1.57. The van der Waals surface area contributed by atoms with Gasteiger partial charge in [0.25, 0.3) is 0 Å². The fourth-order valence-corrected chi connectivity index (χ4v) is 1.57. The van der Waals surface area contributed by atoms with E-state index in [1.54, 1.807) is 25.1 Å². The first kappa shape index (κ1) is 14.8. The Balaban J connectivity index is 2.95. The maximum absolute atomic E-state index is 11.4. The van der Waals surface area contributed by atoms with E-state index in [0.29, 0.717) is 17.1 Å². The fraction of sp³-hybridized carbons (Fsp3) is 0.385. The number of amides is 1. The van der Waals surface area contributed by atoms with Gasteiger partial charge in [0.1, 0.15) is 11.8 Å². The minimum absolute atomic E-state index is 0.169. The highest BCUT2D eigenvalue weighted by molar-refractivity contribution is 5.90. The summed E-state index contributed by atoms with van der Waals surface area (Å²) in [4.78, 5) is 22.4. The minimum atomic E-state index is -0.522. The van der Waals surface area contributed by atoms with Crippen molar-refractivity contribution in [2.24, 2.45) is 0 Å². The van der Waals surface area contributed by atoms with Gasteiger partial charge < -0.3 is 20.1 Å². The third kappa shape index (κ3) is 4.17. The van der Waals surface area contributed by atoms with Crippen molar-refractivity contribution in [3.05, 3.63) is 18.2 Å². The van der Waals surface area contributed by atoms with Crippen LogP contribution < -0.4 is 15.4 Å². The van der Waals surface area contributed by atoms with Gasteiger partial charge in [-0.1, -0.05) is 0 Å². The van der Waals surface area contributed by atoms with Gasteiger partial charge in [-0.05, 0) is 25.1 Å². The molecule has 6 heteroatoms. The Labute approximate surface area is 112 Å². The Kier molecular flexibility index (Phi) is 5.17. The molecule has 1 amide bonds. The first-order valence-electron chi connectivity index (χ1n) is 5.78. The van der Waals surface area contributed by atoms with E-state index in [2.05, 4.69) is 15.4 Å². The van der Waals surface area contributed by atoms with Crippen LogP contribution in [0.2, 0.25) is 0 Å². The van der Waals surface area contributed by atoms with E-state index in [4.69, 9.17) is 4.74 Å². The average Bonchev–Trinajstić information content (AvgIpc) is 2.37. The largest absolute Gasteiger partial charge is 0.495 e. The molecule has 0 aliphatic heterocycles. The van der Waals surface area contributed by atoms with Crippen molar-refractivity contribution in [2.45, 2.75) is 19.9 Å². The molecule has 0 bridgehead atoms. The number of hydrogen-bond acceptors (Lipinski definition) is 5. The number of anilines is 2. The number of hydrogen-bond donors (Lipinski definition) is 2. The van der Waals surface area contributed by atoms with Crippen LogP contribution in [0.15, 0.2) is 18.2 Å². The topological polar surface area (TPSA) is 76.7 Å². The van der Waals surface area contributed by atoms with Crippen molar-refractivity contribution in [1.82, 2.24) is 0 Å². The van der Waals surface area contributed by atoms with Crippen LogP contribution in [0.5, 0.6) is 5.75 Å². The molecule has 6 nitrogen and oxygen atoms in total. The number of benzene rings is 1. The molecule has 2 N–H and O–H groups in total. The molecular formula is C13H18N2O4. The van der Waals surface area contributed by atoms with E-state index in [1.165, 1.54) is 21.1 Å². The zero-order chi connectivity index (χ0) is 14.4. The maximum atomic E-state index is 11.4. The Morgan fingerprint density at radius 3 is 2.47 bits per heavy atom. The van der Waals surface area contributed by atoms with Gasteiger partial charge in [-0.3, -0.25) is 4.79 Å². The molecule has 0 aromatic heterocycles. The van der Waals surface area contributed by atoms with E-state index in [9.17, 15) is 9.59 Å². The molecule has 104 valence electrons. The number of ether oxygens (including phenoxy) is 2. The lowest BCUT2D eigenvalue weighted by molar-refractivity contribution is -0.141. The summed E-state index contributed by atoms with van der Waals surface area (Å²) < 4.78 is 9.83. The summed E-state index contributed by atoms with van der Waals surface area (Å²) in [5, 5.41) is 5.64. The van der Waals surface area contributed by atoms with Crippen molar-refractivity contribution in [3.8, 4) is 5.75 Å². The lowest BCUT2D eigenvalue weighted by atomic mass is 10.2. The summed E-state index contributed by atoms with van der Waals surface area (Å²) in [5.41, 5.74) is 1.22.